The average molecular weight is 617 g/mol. The predicted octanol–water partition coefficient (Wildman–Crippen LogP) is 11.8. The van der Waals surface area contributed by atoms with E-state index in [0.717, 1.165) is 0 Å². The quantitative estimate of drug-likeness (QED) is 0.119. The summed E-state index contributed by atoms with van der Waals surface area (Å²) < 4.78 is 0. The Morgan fingerprint density at radius 2 is 0.615 bits per heavy atom. The van der Waals surface area contributed by atoms with Crippen LogP contribution in [0.4, 0.5) is 0 Å². The molecule has 0 aromatic heterocycles. The highest BCUT2D eigenvalue weighted by molar-refractivity contribution is 5.86. The first kappa shape index (κ1) is 44.2. The van der Waals surface area contributed by atoms with Crippen molar-refractivity contribution in [2.75, 3.05) is 32.7 Å². The van der Waals surface area contributed by atoms with E-state index in [-0.39, 0.29) is 37.2 Å². The Balaban J connectivity index is -0.00000432. The van der Waals surface area contributed by atoms with Crippen molar-refractivity contribution >= 4 is 37.2 Å². The van der Waals surface area contributed by atoms with Gasteiger partial charge in [0, 0.05) is 32.7 Å². The second-order valence-corrected chi connectivity index (χ2v) is 11.8. The van der Waals surface area contributed by atoms with Gasteiger partial charge in [0.2, 0.25) is 0 Å². The van der Waals surface area contributed by atoms with Crippen LogP contribution in [0.25, 0.3) is 0 Å². The van der Waals surface area contributed by atoms with Crippen molar-refractivity contribution in [1.29, 1.82) is 0 Å². The predicted molar refractivity (Wildman–Crippen MR) is 184 cm³/mol. The molecule has 1 aliphatic heterocycles. The van der Waals surface area contributed by atoms with Crippen LogP contribution in [0.5, 0.6) is 0 Å². The van der Waals surface area contributed by atoms with Crippen LogP contribution in [0.2, 0.25) is 0 Å². The molecule has 0 aliphatic carbocycles. The van der Waals surface area contributed by atoms with Gasteiger partial charge >= 0.3 is 0 Å². The van der Waals surface area contributed by atoms with E-state index in [1.807, 2.05) is 0 Å². The van der Waals surface area contributed by atoms with Crippen molar-refractivity contribution in [2.24, 2.45) is 0 Å². The number of rotatable bonds is 21. The first-order chi connectivity index (χ1) is 17.8. The summed E-state index contributed by atoms with van der Waals surface area (Å²) in [5, 5.41) is 8.45. The third-order valence-corrected chi connectivity index (χ3v) is 8.24. The fraction of sp³-hybridized carbons (Fsp3) is 1.00. The molecule has 0 unspecified atom stereocenters. The minimum absolute atomic E-state index is 0. The van der Waals surface area contributed by atoms with Crippen LogP contribution >= 0.6 is 37.2 Å². The van der Waals surface area contributed by atoms with Gasteiger partial charge in [0.1, 0.15) is 0 Å². The first-order valence-electron chi connectivity index (χ1n) is 17.1. The summed E-state index contributed by atoms with van der Waals surface area (Å²) in [6.45, 7) is 13.3. The Hall–Kier alpha value is 0.750. The maximum atomic E-state index is 2.82. The van der Waals surface area contributed by atoms with E-state index in [0.29, 0.717) is 0 Å². The molecule has 1 heterocycles. The molecule has 1 rings (SSSR count). The lowest BCUT2D eigenvalue weighted by Gasteiger charge is -2.43. The van der Waals surface area contributed by atoms with Crippen LogP contribution in [0.1, 0.15) is 181 Å². The number of nitrogens with zero attached hydrogens (tertiary/aromatic N) is 3. The molecule has 1 saturated heterocycles. The van der Waals surface area contributed by atoms with Gasteiger partial charge in [-0.15, -0.1) is 37.2 Å². The monoisotopic (exact) mass is 615 g/mol. The molecule has 0 aromatic carbocycles. The molecule has 0 atom stereocenters. The van der Waals surface area contributed by atoms with Crippen LogP contribution in [0, 0.1) is 0 Å². The van der Waals surface area contributed by atoms with Gasteiger partial charge in [-0.3, -0.25) is 0 Å². The second-order valence-electron chi connectivity index (χ2n) is 11.8. The molecule has 0 spiro atoms. The summed E-state index contributed by atoms with van der Waals surface area (Å²) in [7, 11) is 0. The van der Waals surface area contributed by atoms with E-state index in [4.69, 9.17) is 0 Å². The molecule has 0 saturated carbocycles. The summed E-state index contributed by atoms with van der Waals surface area (Å²) in [6.07, 6.45) is 35.2. The molecule has 240 valence electrons. The van der Waals surface area contributed by atoms with E-state index >= 15 is 0 Å². The Labute approximate surface area is 265 Å². The first-order valence-corrected chi connectivity index (χ1v) is 17.1. The largest absolute Gasteiger partial charge is 0.228 e. The van der Waals surface area contributed by atoms with Gasteiger partial charge in [-0.25, -0.2) is 10.0 Å². The molecule has 0 aromatic rings. The standard InChI is InChI=1S/C33H69N3.3ClH/c1-4-7-10-13-19-24-29-34-31-26-21-17-16-18-22-27-32-35(30-25-20-14-11-8-5-2)36(34)33-28-23-15-12-9-6-3;;;/h4-33H2,1-3H3;3*1H. The number of hydrogen-bond acceptors (Lipinski definition) is 3. The highest BCUT2D eigenvalue weighted by atomic mass is 35.5. The summed E-state index contributed by atoms with van der Waals surface area (Å²) in [4.78, 5) is 0. The molecule has 1 aliphatic rings. The van der Waals surface area contributed by atoms with E-state index < -0.39 is 0 Å². The lowest BCUT2D eigenvalue weighted by atomic mass is 10.1. The van der Waals surface area contributed by atoms with Crippen LogP contribution in [0.15, 0.2) is 0 Å². The molecular weight excluding hydrogens is 545 g/mol. The fourth-order valence-electron chi connectivity index (χ4n) is 5.80. The van der Waals surface area contributed by atoms with Crippen molar-refractivity contribution < 1.29 is 0 Å². The van der Waals surface area contributed by atoms with Gasteiger partial charge in [0.15, 0.2) is 0 Å². The highest BCUT2D eigenvalue weighted by Gasteiger charge is 2.22. The van der Waals surface area contributed by atoms with E-state index in [9.17, 15) is 0 Å². The van der Waals surface area contributed by atoms with Gasteiger partial charge in [-0.2, -0.15) is 5.12 Å². The lowest BCUT2D eigenvalue weighted by Crippen LogP contribution is -2.55. The molecule has 0 N–H and O–H groups in total. The molecule has 0 bridgehead atoms. The fourth-order valence-corrected chi connectivity index (χ4v) is 5.80. The Bertz CT molecular complexity index is 412. The third kappa shape index (κ3) is 26.1. The Kier molecular flexibility index (Phi) is 39.6. The molecule has 39 heavy (non-hydrogen) atoms. The molecule has 6 heteroatoms. The second kappa shape index (κ2) is 34.9. The average Bonchev–Trinajstić information content (AvgIpc) is 2.88. The normalized spacial score (nSPS) is 16.4. The van der Waals surface area contributed by atoms with E-state index in [1.54, 1.807) is 0 Å². The van der Waals surface area contributed by atoms with Crippen molar-refractivity contribution in [3.05, 3.63) is 0 Å². The number of halogens is 3. The summed E-state index contributed by atoms with van der Waals surface area (Å²) in [5.41, 5.74) is 0. The minimum atomic E-state index is 0. The highest BCUT2D eigenvalue weighted by Crippen LogP contribution is 2.18. The Morgan fingerprint density at radius 3 is 0.974 bits per heavy atom. The molecule has 3 nitrogen and oxygen atoms in total. The Morgan fingerprint density at radius 1 is 0.333 bits per heavy atom. The lowest BCUT2D eigenvalue weighted by molar-refractivity contribution is -0.189. The van der Waals surface area contributed by atoms with Crippen LogP contribution in [-0.2, 0) is 0 Å². The van der Waals surface area contributed by atoms with Crippen LogP contribution in [0.3, 0.4) is 0 Å². The van der Waals surface area contributed by atoms with Crippen molar-refractivity contribution in [2.45, 2.75) is 181 Å². The van der Waals surface area contributed by atoms with Gasteiger partial charge in [0.05, 0.1) is 0 Å². The molecule has 0 radical (unpaired) electrons. The van der Waals surface area contributed by atoms with E-state index in [1.165, 1.54) is 193 Å². The number of hydrazine groups is 2. The van der Waals surface area contributed by atoms with Crippen molar-refractivity contribution in [1.82, 2.24) is 15.1 Å². The van der Waals surface area contributed by atoms with Crippen molar-refractivity contribution in [3.8, 4) is 0 Å². The summed E-state index contributed by atoms with van der Waals surface area (Å²) >= 11 is 0. The SMILES string of the molecule is CCCCCCCCN1CCCCCCCCCN(CCCCCCCC)N1CCCCCCCC.Cl.Cl.Cl. The molecule has 1 fully saturated rings. The van der Waals surface area contributed by atoms with Gasteiger partial charge in [-0.1, -0.05) is 149 Å². The molecule has 0 amide bonds. The maximum absolute atomic E-state index is 2.82. The number of hydrogen-bond donors (Lipinski definition) is 0. The van der Waals surface area contributed by atoms with Gasteiger partial charge in [0.25, 0.3) is 0 Å². The van der Waals surface area contributed by atoms with Crippen LogP contribution < -0.4 is 0 Å². The van der Waals surface area contributed by atoms with Gasteiger partial charge in [-0.05, 0) is 32.1 Å². The molecular formula is C33H72Cl3N3. The minimum Gasteiger partial charge on any atom is -0.228 e. The third-order valence-electron chi connectivity index (χ3n) is 8.24. The topological polar surface area (TPSA) is 9.72 Å². The zero-order valence-corrected chi connectivity index (χ0v) is 29.2. The van der Waals surface area contributed by atoms with Gasteiger partial charge < -0.3 is 0 Å². The van der Waals surface area contributed by atoms with Crippen LogP contribution in [-0.4, -0.2) is 47.9 Å². The smallest absolute Gasteiger partial charge is 0.0293 e. The summed E-state index contributed by atoms with van der Waals surface area (Å²) in [5.74, 6) is 0. The van der Waals surface area contributed by atoms with Crippen molar-refractivity contribution in [3.63, 3.8) is 0 Å². The van der Waals surface area contributed by atoms with E-state index in [2.05, 4.69) is 35.9 Å². The number of unbranched alkanes of at least 4 members (excludes halogenated alkanes) is 15. The maximum Gasteiger partial charge on any atom is 0.0293 e. The zero-order valence-electron chi connectivity index (χ0n) is 26.8. The zero-order chi connectivity index (χ0) is 25.9. The summed E-state index contributed by atoms with van der Waals surface area (Å²) in [6, 6.07) is 0.